The predicted molar refractivity (Wildman–Crippen MR) is 120 cm³/mol. The molecule has 6 nitrogen and oxygen atoms in total. The molecule has 0 bridgehead atoms. The van der Waals surface area contributed by atoms with Crippen molar-refractivity contribution in [3.05, 3.63) is 65.2 Å². The Morgan fingerprint density at radius 2 is 1.53 bits per heavy atom. The van der Waals surface area contributed by atoms with Crippen LogP contribution in [0.2, 0.25) is 5.02 Å². The number of hydrogen-bond donors (Lipinski definition) is 1. The second kappa shape index (κ2) is 11.1. The Bertz CT molecular complexity index is 838. The Balaban J connectivity index is 1.42. The molecule has 2 aromatic carbocycles. The number of halogens is 1. The summed E-state index contributed by atoms with van der Waals surface area (Å²) in [5, 5.41) is 3.39. The molecule has 1 saturated heterocycles. The lowest BCUT2D eigenvalue weighted by atomic mass is 10.2. The van der Waals surface area contributed by atoms with Crippen molar-refractivity contribution in [2.24, 2.45) is 0 Å². The molecule has 1 fully saturated rings. The first-order valence-electron chi connectivity index (χ1n) is 10.4. The average Bonchev–Trinajstić information content (AvgIpc) is 2.75. The third-order valence-corrected chi connectivity index (χ3v) is 5.62. The Hall–Kier alpha value is -2.41. The average molecular weight is 429 g/mol. The number of anilines is 1. The lowest BCUT2D eigenvalue weighted by Crippen LogP contribution is -2.51. The molecule has 0 aliphatic carbocycles. The minimum atomic E-state index is -0.0763. The molecule has 2 amide bonds. The van der Waals surface area contributed by atoms with Gasteiger partial charge in [0.15, 0.2) is 0 Å². The van der Waals surface area contributed by atoms with E-state index in [1.807, 2.05) is 54.3 Å². The fraction of sp³-hybridized carbons (Fsp3) is 0.391. The summed E-state index contributed by atoms with van der Waals surface area (Å²) >= 11 is 6.10. The fourth-order valence-electron chi connectivity index (χ4n) is 3.53. The van der Waals surface area contributed by atoms with Crippen LogP contribution in [0, 0.1) is 0 Å². The van der Waals surface area contributed by atoms with Crippen LogP contribution in [0.3, 0.4) is 0 Å². The number of para-hydroxylation sites is 1. The van der Waals surface area contributed by atoms with Crippen molar-refractivity contribution >= 4 is 29.1 Å². The van der Waals surface area contributed by atoms with Crippen LogP contribution in [0.5, 0.6) is 0 Å². The van der Waals surface area contributed by atoms with Crippen LogP contribution < -0.4 is 5.32 Å². The van der Waals surface area contributed by atoms with E-state index in [1.165, 1.54) is 0 Å². The van der Waals surface area contributed by atoms with Crippen molar-refractivity contribution in [2.75, 3.05) is 51.1 Å². The van der Waals surface area contributed by atoms with E-state index in [0.717, 1.165) is 31.7 Å². The molecule has 0 atom stereocenters. The highest BCUT2D eigenvalue weighted by Crippen LogP contribution is 2.20. The normalized spacial score (nSPS) is 15.0. The zero-order valence-electron chi connectivity index (χ0n) is 17.4. The van der Waals surface area contributed by atoms with Crippen LogP contribution in [0.4, 0.5) is 5.69 Å². The van der Waals surface area contributed by atoms with Crippen molar-refractivity contribution in [1.82, 2.24) is 14.7 Å². The molecule has 2 aromatic rings. The molecular formula is C23H29ClN4O2. The summed E-state index contributed by atoms with van der Waals surface area (Å²) in [5.41, 5.74) is 1.77. The van der Waals surface area contributed by atoms with Gasteiger partial charge in [-0.1, -0.05) is 54.1 Å². The predicted octanol–water partition coefficient (Wildman–Crippen LogP) is 2.94. The number of rotatable bonds is 8. The quantitative estimate of drug-likeness (QED) is 0.702. The second-order valence-corrected chi connectivity index (χ2v) is 7.88. The zero-order chi connectivity index (χ0) is 21.3. The van der Waals surface area contributed by atoms with Crippen LogP contribution in [0.1, 0.15) is 12.5 Å². The molecule has 1 heterocycles. The highest BCUT2D eigenvalue weighted by Gasteiger charge is 2.22. The van der Waals surface area contributed by atoms with Gasteiger partial charge in [0, 0.05) is 39.3 Å². The zero-order valence-corrected chi connectivity index (χ0v) is 18.1. The molecule has 1 N–H and O–H groups in total. The molecule has 1 aliphatic rings. The van der Waals surface area contributed by atoms with E-state index in [4.69, 9.17) is 11.6 Å². The summed E-state index contributed by atoms with van der Waals surface area (Å²) in [6, 6.07) is 17.3. The first kappa shape index (κ1) is 22.3. The van der Waals surface area contributed by atoms with Gasteiger partial charge in [0.1, 0.15) is 0 Å². The Kier molecular flexibility index (Phi) is 8.25. The van der Waals surface area contributed by atoms with Crippen LogP contribution in [0.25, 0.3) is 0 Å². The first-order valence-corrected chi connectivity index (χ1v) is 10.7. The highest BCUT2D eigenvalue weighted by molar-refractivity contribution is 6.33. The second-order valence-electron chi connectivity index (χ2n) is 7.47. The van der Waals surface area contributed by atoms with Gasteiger partial charge < -0.3 is 10.2 Å². The van der Waals surface area contributed by atoms with Gasteiger partial charge in [0.25, 0.3) is 0 Å². The first-order chi connectivity index (χ1) is 14.5. The summed E-state index contributed by atoms with van der Waals surface area (Å²) in [5.74, 6) is 0.0684. The molecule has 0 spiro atoms. The molecule has 0 radical (unpaired) electrons. The van der Waals surface area contributed by atoms with E-state index >= 15 is 0 Å². The van der Waals surface area contributed by atoms with Gasteiger partial charge in [0.05, 0.1) is 23.8 Å². The fourth-order valence-corrected chi connectivity index (χ4v) is 3.72. The molecule has 0 unspecified atom stereocenters. The summed E-state index contributed by atoms with van der Waals surface area (Å²) < 4.78 is 0. The van der Waals surface area contributed by atoms with E-state index in [2.05, 4.69) is 15.1 Å². The smallest absolute Gasteiger partial charge is 0.238 e. The summed E-state index contributed by atoms with van der Waals surface area (Å²) in [4.78, 5) is 31.2. The van der Waals surface area contributed by atoms with E-state index in [1.54, 1.807) is 12.1 Å². The topological polar surface area (TPSA) is 55.9 Å². The van der Waals surface area contributed by atoms with Crippen LogP contribution in [-0.4, -0.2) is 72.3 Å². The third-order valence-electron chi connectivity index (χ3n) is 5.29. The number of nitrogens with zero attached hydrogens (tertiary/aromatic N) is 3. The lowest BCUT2D eigenvalue weighted by Gasteiger charge is -2.35. The van der Waals surface area contributed by atoms with Crippen LogP contribution >= 0.6 is 11.6 Å². The Morgan fingerprint density at radius 3 is 2.17 bits per heavy atom. The summed E-state index contributed by atoms with van der Waals surface area (Å²) in [6.07, 6.45) is 0. The molecular weight excluding hydrogens is 400 g/mol. The lowest BCUT2D eigenvalue weighted by molar-refractivity contribution is -0.133. The molecule has 1 aliphatic heterocycles. The maximum absolute atomic E-state index is 12.7. The summed E-state index contributed by atoms with van der Waals surface area (Å²) in [7, 11) is 0. The number of amides is 2. The van der Waals surface area contributed by atoms with Gasteiger partial charge in [-0.25, -0.2) is 0 Å². The standard InChI is InChI=1S/C23H29ClN4O2/c1-2-28(16-19-8-4-3-5-9-19)23(30)18-27-14-12-26(13-15-27)17-22(29)25-21-11-7-6-10-20(21)24/h3-11H,2,12-18H2,1H3,(H,25,29). The van der Waals surface area contributed by atoms with Crippen molar-refractivity contribution in [1.29, 1.82) is 0 Å². The molecule has 0 aromatic heterocycles. The van der Waals surface area contributed by atoms with Gasteiger partial charge in [-0.15, -0.1) is 0 Å². The van der Waals surface area contributed by atoms with Crippen LogP contribution in [-0.2, 0) is 16.1 Å². The van der Waals surface area contributed by atoms with Crippen molar-refractivity contribution in [3.63, 3.8) is 0 Å². The van der Waals surface area contributed by atoms with E-state index in [-0.39, 0.29) is 11.8 Å². The molecule has 30 heavy (non-hydrogen) atoms. The number of carbonyl (C=O) groups excluding carboxylic acids is 2. The van der Waals surface area contributed by atoms with E-state index < -0.39 is 0 Å². The molecule has 3 rings (SSSR count). The minimum absolute atomic E-state index is 0.0763. The van der Waals surface area contributed by atoms with Crippen LogP contribution in [0.15, 0.2) is 54.6 Å². The Morgan fingerprint density at radius 1 is 0.933 bits per heavy atom. The van der Waals surface area contributed by atoms with Crippen molar-refractivity contribution < 1.29 is 9.59 Å². The number of piperazine rings is 1. The van der Waals surface area contributed by atoms with Gasteiger partial charge in [-0.3, -0.25) is 19.4 Å². The van der Waals surface area contributed by atoms with E-state index in [9.17, 15) is 9.59 Å². The van der Waals surface area contributed by atoms with Crippen molar-refractivity contribution in [2.45, 2.75) is 13.5 Å². The van der Waals surface area contributed by atoms with Gasteiger partial charge >= 0.3 is 0 Å². The third kappa shape index (κ3) is 6.55. The largest absolute Gasteiger partial charge is 0.338 e. The maximum atomic E-state index is 12.7. The SMILES string of the molecule is CCN(Cc1ccccc1)C(=O)CN1CCN(CC(=O)Nc2ccccc2Cl)CC1. The monoisotopic (exact) mass is 428 g/mol. The molecule has 0 saturated carbocycles. The number of benzene rings is 2. The number of nitrogens with one attached hydrogen (secondary N) is 1. The van der Waals surface area contributed by atoms with Gasteiger partial charge in [0.2, 0.25) is 11.8 Å². The molecule has 7 heteroatoms. The minimum Gasteiger partial charge on any atom is -0.338 e. The maximum Gasteiger partial charge on any atom is 0.238 e. The van der Waals surface area contributed by atoms with Gasteiger partial charge in [-0.05, 0) is 24.6 Å². The number of carbonyl (C=O) groups is 2. The highest BCUT2D eigenvalue weighted by atomic mass is 35.5. The number of hydrogen-bond acceptors (Lipinski definition) is 4. The van der Waals surface area contributed by atoms with Crippen molar-refractivity contribution in [3.8, 4) is 0 Å². The van der Waals surface area contributed by atoms with Gasteiger partial charge in [-0.2, -0.15) is 0 Å². The number of likely N-dealkylation sites (N-methyl/N-ethyl adjacent to an activating group) is 1. The Labute approximate surface area is 183 Å². The summed E-state index contributed by atoms with van der Waals surface area (Å²) in [6.45, 7) is 7.14. The molecule has 160 valence electrons. The van der Waals surface area contributed by atoms with E-state index in [0.29, 0.717) is 36.9 Å².